The van der Waals surface area contributed by atoms with Gasteiger partial charge in [-0.05, 0) is 23.1 Å². The second-order valence-corrected chi connectivity index (χ2v) is 10.9. The lowest BCUT2D eigenvalue weighted by Crippen LogP contribution is -2.50. The lowest BCUT2D eigenvalue weighted by atomic mass is 10.1. The van der Waals surface area contributed by atoms with Gasteiger partial charge in [-0.2, -0.15) is 4.72 Å². The number of sulfonamides is 1. The molecule has 0 aliphatic heterocycles. The molecule has 12 heteroatoms. The minimum atomic E-state index is -3.97. The molecule has 210 valence electrons. The summed E-state index contributed by atoms with van der Waals surface area (Å²) in [6, 6.07) is 20.9. The number of primary amides is 1. The third-order valence-electron chi connectivity index (χ3n) is 5.94. The van der Waals surface area contributed by atoms with Crippen molar-refractivity contribution in [1.29, 1.82) is 5.41 Å². The molecule has 40 heavy (non-hydrogen) atoms. The number of hydrogen-bond donors (Lipinski definition) is 6. The van der Waals surface area contributed by atoms with E-state index in [0.29, 0.717) is 22.3 Å². The molecule has 0 spiro atoms. The molecule has 0 heterocycles. The molecule has 2 unspecified atom stereocenters. The molecule has 0 bridgehead atoms. The molecule has 0 radical (unpaired) electrons. The third-order valence-corrected chi connectivity index (χ3v) is 7.24. The first-order chi connectivity index (χ1) is 19.0. The maximum atomic E-state index is 13.4. The molecule has 0 aromatic heterocycles. The Labute approximate surface area is 232 Å². The highest BCUT2D eigenvalue weighted by Crippen LogP contribution is 2.17. The van der Waals surface area contributed by atoms with E-state index in [1.807, 2.05) is 0 Å². The van der Waals surface area contributed by atoms with Crippen LogP contribution in [-0.4, -0.2) is 38.0 Å². The van der Waals surface area contributed by atoms with E-state index in [-0.39, 0.29) is 31.0 Å². The van der Waals surface area contributed by atoms with Crippen LogP contribution in [0.2, 0.25) is 0 Å². The summed E-state index contributed by atoms with van der Waals surface area (Å²) in [4.78, 5) is 38.0. The average Bonchev–Trinajstić information content (AvgIpc) is 2.93. The zero-order valence-electron chi connectivity index (χ0n) is 21.7. The lowest BCUT2D eigenvalue weighted by Gasteiger charge is -2.23. The van der Waals surface area contributed by atoms with Crippen LogP contribution in [0.1, 0.15) is 41.1 Å². The third kappa shape index (κ3) is 9.33. The molecular weight excluding hydrogens is 532 g/mol. The van der Waals surface area contributed by atoms with Gasteiger partial charge in [0.2, 0.25) is 27.7 Å². The number of nitrogens with two attached hydrogens (primary N) is 2. The van der Waals surface area contributed by atoms with Crippen LogP contribution >= 0.6 is 0 Å². The predicted molar refractivity (Wildman–Crippen MR) is 151 cm³/mol. The Hall–Kier alpha value is -4.55. The zero-order valence-corrected chi connectivity index (χ0v) is 22.5. The number of rotatable bonds is 14. The zero-order chi connectivity index (χ0) is 29.1. The molecule has 3 rings (SSSR count). The second-order valence-electron chi connectivity index (χ2n) is 9.10. The quantitative estimate of drug-likeness (QED) is 0.126. The minimum Gasteiger partial charge on any atom is -0.384 e. The molecule has 3 amide bonds. The van der Waals surface area contributed by atoms with Gasteiger partial charge in [0.15, 0.2) is 0 Å². The predicted octanol–water partition coefficient (Wildman–Crippen LogP) is 1.20. The minimum absolute atomic E-state index is 0.0859. The molecule has 0 saturated heterocycles. The summed E-state index contributed by atoms with van der Waals surface area (Å²) in [7, 11) is -3.97. The van der Waals surface area contributed by atoms with Crippen molar-refractivity contribution < 1.29 is 22.8 Å². The van der Waals surface area contributed by atoms with Gasteiger partial charge < -0.3 is 22.1 Å². The number of carbonyl (C=O) groups is 3. The van der Waals surface area contributed by atoms with Crippen LogP contribution < -0.4 is 26.8 Å². The normalized spacial score (nSPS) is 12.6. The number of benzene rings is 3. The molecule has 11 nitrogen and oxygen atoms in total. The number of amides is 3. The van der Waals surface area contributed by atoms with Crippen LogP contribution in [0.15, 0.2) is 84.9 Å². The van der Waals surface area contributed by atoms with E-state index in [0.717, 1.165) is 0 Å². The van der Waals surface area contributed by atoms with E-state index >= 15 is 0 Å². The van der Waals surface area contributed by atoms with E-state index in [2.05, 4.69) is 15.4 Å². The van der Waals surface area contributed by atoms with Crippen LogP contribution in [0.25, 0.3) is 0 Å². The number of amidine groups is 1. The van der Waals surface area contributed by atoms with Crippen LogP contribution in [0.5, 0.6) is 0 Å². The van der Waals surface area contributed by atoms with Gasteiger partial charge in [0, 0.05) is 18.5 Å². The first kappa shape index (κ1) is 30.0. The lowest BCUT2D eigenvalue weighted by molar-refractivity contribution is -0.130. The van der Waals surface area contributed by atoms with Gasteiger partial charge in [-0.15, -0.1) is 0 Å². The highest BCUT2D eigenvalue weighted by Gasteiger charge is 2.30. The van der Waals surface area contributed by atoms with Gasteiger partial charge in [-0.3, -0.25) is 19.8 Å². The Morgan fingerprint density at radius 3 is 1.98 bits per heavy atom. The van der Waals surface area contributed by atoms with Crippen molar-refractivity contribution in [3.63, 3.8) is 0 Å². The summed E-state index contributed by atoms with van der Waals surface area (Å²) < 4.78 is 28.4. The molecule has 0 saturated carbocycles. The Balaban J connectivity index is 1.77. The highest BCUT2D eigenvalue weighted by molar-refractivity contribution is 7.88. The van der Waals surface area contributed by atoms with Gasteiger partial charge in [0.1, 0.15) is 17.9 Å². The molecule has 3 aromatic carbocycles. The van der Waals surface area contributed by atoms with Gasteiger partial charge in [-0.1, -0.05) is 84.9 Å². The summed E-state index contributed by atoms with van der Waals surface area (Å²) in [5.74, 6) is -2.44. The number of nitrogen functional groups attached to an aromatic ring is 1. The van der Waals surface area contributed by atoms with E-state index in [1.165, 1.54) is 0 Å². The van der Waals surface area contributed by atoms with Crippen LogP contribution in [0.3, 0.4) is 0 Å². The van der Waals surface area contributed by atoms with Crippen molar-refractivity contribution in [3.05, 3.63) is 107 Å². The molecule has 8 N–H and O–H groups in total. The SMILES string of the molecule is N=C(N)c1ccc(CNC(=O)C(CCC(N)=O)NC(=O)C(NS(=O)(=O)Cc2ccccc2)c2ccccc2)cc1. The number of nitrogens with one attached hydrogen (secondary N) is 4. The standard InChI is InChI=1S/C28H32N6O5S/c29-24(35)16-15-23(27(36)32-17-19-11-13-22(14-12-19)26(30)31)33-28(37)25(21-9-5-2-6-10-21)34-40(38,39)18-20-7-3-1-4-8-20/h1-14,23,25,34H,15-18H2,(H2,29,35)(H3,30,31)(H,32,36)(H,33,37). The van der Waals surface area contributed by atoms with E-state index < -0.39 is 39.8 Å². The first-order valence-corrected chi connectivity index (χ1v) is 14.1. The summed E-state index contributed by atoms with van der Waals surface area (Å²) in [5.41, 5.74) is 12.9. The van der Waals surface area contributed by atoms with Crippen molar-refractivity contribution in [2.24, 2.45) is 11.5 Å². The molecular formula is C28H32N6O5S. The Kier molecular flexibility index (Phi) is 10.5. The molecule has 2 atom stereocenters. The van der Waals surface area contributed by atoms with E-state index in [4.69, 9.17) is 16.9 Å². The molecule has 3 aromatic rings. The van der Waals surface area contributed by atoms with E-state index in [9.17, 15) is 22.8 Å². The maximum Gasteiger partial charge on any atom is 0.243 e. The Morgan fingerprint density at radius 2 is 1.40 bits per heavy atom. The van der Waals surface area contributed by atoms with E-state index in [1.54, 1.807) is 84.9 Å². The van der Waals surface area contributed by atoms with Crippen molar-refractivity contribution in [2.75, 3.05) is 0 Å². The fraction of sp³-hybridized carbons (Fsp3) is 0.214. The van der Waals surface area contributed by atoms with Crippen LogP contribution in [0, 0.1) is 5.41 Å². The molecule has 0 fully saturated rings. The Morgan fingerprint density at radius 1 is 0.800 bits per heavy atom. The second kappa shape index (κ2) is 14.0. The Bertz CT molecular complexity index is 1430. The maximum absolute atomic E-state index is 13.4. The van der Waals surface area contributed by atoms with Crippen molar-refractivity contribution in [1.82, 2.24) is 15.4 Å². The topological polar surface area (TPSA) is 197 Å². The fourth-order valence-electron chi connectivity index (χ4n) is 3.86. The first-order valence-electron chi connectivity index (χ1n) is 12.4. The van der Waals surface area contributed by atoms with Crippen molar-refractivity contribution in [2.45, 2.75) is 37.2 Å². The summed E-state index contributed by atoms with van der Waals surface area (Å²) >= 11 is 0. The smallest absolute Gasteiger partial charge is 0.243 e. The molecule has 0 aliphatic rings. The monoisotopic (exact) mass is 564 g/mol. The summed E-state index contributed by atoms with van der Waals surface area (Å²) in [5, 5.41) is 12.8. The van der Waals surface area contributed by atoms with Crippen molar-refractivity contribution >= 4 is 33.6 Å². The largest absolute Gasteiger partial charge is 0.384 e. The highest BCUT2D eigenvalue weighted by atomic mass is 32.2. The van der Waals surface area contributed by atoms with Crippen LogP contribution in [0.4, 0.5) is 0 Å². The molecule has 0 aliphatic carbocycles. The van der Waals surface area contributed by atoms with Crippen molar-refractivity contribution in [3.8, 4) is 0 Å². The van der Waals surface area contributed by atoms with Gasteiger partial charge in [-0.25, -0.2) is 8.42 Å². The fourth-order valence-corrected chi connectivity index (χ4v) is 5.18. The number of hydrogen-bond acceptors (Lipinski definition) is 6. The average molecular weight is 565 g/mol. The van der Waals surface area contributed by atoms with Gasteiger partial charge >= 0.3 is 0 Å². The summed E-state index contributed by atoms with van der Waals surface area (Å²) in [6.07, 6.45) is -0.268. The van der Waals surface area contributed by atoms with Crippen LogP contribution in [-0.2, 0) is 36.7 Å². The number of carbonyl (C=O) groups excluding carboxylic acids is 3. The summed E-state index contributed by atoms with van der Waals surface area (Å²) in [6.45, 7) is 0.103. The van der Waals surface area contributed by atoms with Gasteiger partial charge in [0.25, 0.3) is 0 Å². The van der Waals surface area contributed by atoms with Gasteiger partial charge in [0.05, 0.1) is 5.75 Å².